The van der Waals surface area contributed by atoms with Crippen molar-refractivity contribution in [2.24, 2.45) is 0 Å². The van der Waals surface area contributed by atoms with E-state index in [-0.39, 0.29) is 32.0 Å². The van der Waals surface area contributed by atoms with Gasteiger partial charge in [-0.15, -0.1) is 0 Å². The van der Waals surface area contributed by atoms with Crippen LogP contribution in [0.25, 0.3) is 0 Å². The van der Waals surface area contributed by atoms with Crippen LogP contribution in [0.2, 0.25) is 0 Å². The minimum absolute atomic E-state index is 0.216. The zero-order valence-electron chi connectivity index (χ0n) is 34.2. The Kier molecular flexibility index (Phi) is 33.1. The summed E-state index contributed by atoms with van der Waals surface area (Å²) in [5.41, 5.74) is 0. The molecule has 316 valence electrons. The summed E-state index contributed by atoms with van der Waals surface area (Å²) >= 11 is 0. The van der Waals surface area contributed by atoms with E-state index in [1.54, 1.807) is 0 Å². The largest absolute Gasteiger partial charge is 0.462 e. The van der Waals surface area contributed by atoms with E-state index < -0.39 is 49.4 Å². The van der Waals surface area contributed by atoms with Crippen LogP contribution >= 0.6 is 0 Å². The van der Waals surface area contributed by atoms with Gasteiger partial charge in [-0.2, -0.15) is 0 Å². The van der Waals surface area contributed by atoms with Crippen LogP contribution in [0.15, 0.2) is 24.3 Å². The molecule has 0 aromatic rings. The van der Waals surface area contributed by atoms with Gasteiger partial charge >= 0.3 is 11.9 Å². The van der Waals surface area contributed by atoms with Gasteiger partial charge in [-0.3, -0.25) is 9.59 Å². The van der Waals surface area contributed by atoms with Gasteiger partial charge in [-0.05, 0) is 44.9 Å². The summed E-state index contributed by atoms with van der Waals surface area (Å²) in [7, 11) is 0. The zero-order valence-corrected chi connectivity index (χ0v) is 34.2. The molecule has 0 radical (unpaired) electrons. The molecular formula is C44H80O10. The summed E-state index contributed by atoms with van der Waals surface area (Å²) in [5, 5.41) is 40.0. The van der Waals surface area contributed by atoms with Gasteiger partial charge in [-0.1, -0.05) is 154 Å². The first-order valence-corrected chi connectivity index (χ1v) is 21.9. The SMILES string of the molecule is CCCCCCC/C=C\C/C=C\CCCCCCCCCCCC(=O)OC(COC(=O)CCCCCCCCCC)COC1OC(CO)C(O)C(O)C1O. The number of unbranched alkanes of at least 4 members (excludes halogenated alkanes) is 21. The lowest BCUT2D eigenvalue weighted by Crippen LogP contribution is -2.59. The van der Waals surface area contributed by atoms with Gasteiger partial charge in [0.05, 0.1) is 13.2 Å². The Morgan fingerprint density at radius 3 is 1.54 bits per heavy atom. The van der Waals surface area contributed by atoms with Crippen molar-refractivity contribution in [3.8, 4) is 0 Å². The lowest BCUT2D eigenvalue weighted by molar-refractivity contribution is -0.305. The van der Waals surface area contributed by atoms with Crippen molar-refractivity contribution in [2.75, 3.05) is 19.8 Å². The van der Waals surface area contributed by atoms with Crippen molar-refractivity contribution in [1.29, 1.82) is 0 Å². The van der Waals surface area contributed by atoms with Crippen LogP contribution < -0.4 is 0 Å². The molecule has 1 rings (SSSR count). The number of aliphatic hydroxyl groups is 4. The third-order valence-corrected chi connectivity index (χ3v) is 10.1. The Labute approximate surface area is 328 Å². The average Bonchev–Trinajstić information content (AvgIpc) is 3.17. The molecule has 6 atom stereocenters. The Hall–Kier alpha value is -1.82. The molecule has 1 heterocycles. The van der Waals surface area contributed by atoms with Crippen LogP contribution in [0.5, 0.6) is 0 Å². The second-order valence-electron chi connectivity index (χ2n) is 15.2. The molecule has 1 fully saturated rings. The zero-order chi connectivity index (χ0) is 39.5. The van der Waals surface area contributed by atoms with Crippen LogP contribution in [0.3, 0.4) is 0 Å². The molecule has 0 aromatic carbocycles. The highest BCUT2D eigenvalue weighted by atomic mass is 16.7. The normalized spacial score (nSPS) is 20.9. The number of carbonyl (C=O) groups is 2. The number of allylic oxidation sites excluding steroid dienone is 4. The number of esters is 2. The predicted molar refractivity (Wildman–Crippen MR) is 215 cm³/mol. The number of ether oxygens (including phenoxy) is 4. The van der Waals surface area contributed by atoms with Gasteiger partial charge in [-0.25, -0.2) is 0 Å². The van der Waals surface area contributed by atoms with E-state index in [2.05, 4.69) is 38.2 Å². The fourth-order valence-electron chi connectivity index (χ4n) is 6.57. The Morgan fingerprint density at radius 2 is 1.04 bits per heavy atom. The van der Waals surface area contributed by atoms with Gasteiger partial charge in [0.1, 0.15) is 31.0 Å². The summed E-state index contributed by atoms with van der Waals surface area (Å²) in [5.74, 6) is -0.812. The number of carbonyl (C=O) groups excluding carboxylic acids is 2. The highest BCUT2D eigenvalue weighted by Crippen LogP contribution is 2.22. The monoisotopic (exact) mass is 769 g/mol. The standard InChI is InChI=1S/C44H80O10/c1-3-5-7-9-11-13-14-15-16-17-18-19-20-21-22-23-24-25-27-29-31-33-40(47)53-37(35-51-39(46)32-30-28-26-12-10-8-6-4-2)36-52-44-43(50)42(49)41(48)38(34-45)54-44/h14-15,17-18,37-38,41-45,48-50H,3-13,16,19-36H2,1-2H3/b15-14-,18-17-. The lowest BCUT2D eigenvalue weighted by Gasteiger charge is -2.39. The second-order valence-corrected chi connectivity index (χ2v) is 15.2. The van der Waals surface area contributed by atoms with Crippen LogP contribution in [0, 0.1) is 0 Å². The predicted octanol–water partition coefficient (Wildman–Crippen LogP) is 8.94. The maximum Gasteiger partial charge on any atom is 0.306 e. The van der Waals surface area contributed by atoms with Crippen molar-refractivity contribution in [1.82, 2.24) is 0 Å². The van der Waals surface area contributed by atoms with Gasteiger partial charge in [0.2, 0.25) is 0 Å². The topological polar surface area (TPSA) is 152 Å². The summed E-state index contributed by atoms with van der Waals surface area (Å²) in [6.07, 6.45) is 30.6. The van der Waals surface area contributed by atoms with Crippen LogP contribution in [-0.2, 0) is 28.5 Å². The molecule has 54 heavy (non-hydrogen) atoms. The summed E-state index contributed by atoms with van der Waals surface area (Å²) in [4.78, 5) is 25.2. The fraction of sp³-hybridized carbons (Fsp3) is 0.864. The van der Waals surface area contributed by atoms with Crippen LogP contribution in [0.1, 0.15) is 187 Å². The third-order valence-electron chi connectivity index (χ3n) is 10.1. The molecule has 1 aliphatic heterocycles. The van der Waals surface area contributed by atoms with E-state index in [0.717, 1.165) is 51.4 Å². The van der Waals surface area contributed by atoms with E-state index in [1.165, 1.54) is 103 Å². The molecule has 1 saturated heterocycles. The molecule has 0 aliphatic carbocycles. The molecule has 4 N–H and O–H groups in total. The first-order chi connectivity index (χ1) is 26.3. The molecule has 6 unspecified atom stereocenters. The van der Waals surface area contributed by atoms with Crippen molar-refractivity contribution in [3.05, 3.63) is 24.3 Å². The van der Waals surface area contributed by atoms with Crippen LogP contribution in [-0.4, -0.2) is 89.0 Å². The molecule has 10 nitrogen and oxygen atoms in total. The quantitative estimate of drug-likeness (QED) is 0.0276. The highest BCUT2D eigenvalue weighted by molar-refractivity contribution is 5.70. The molecule has 0 bridgehead atoms. The molecule has 10 heteroatoms. The van der Waals surface area contributed by atoms with E-state index in [0.29, 0.717) is 6.42 Å². The Balaban J connectivity index is 2.27. The van der Waals surface area contributed by atoms with Crippen molar-refractivity contribution >= 4 is 11.9 Å². The molecule has 0 spiro atoms. The molecule has 1 aliphatic rings. The lowest BCUT2D eigenvalue weighted by atomic mass is 9.99. The van der Waals surface area contributed by atoms with Gasteiger partial charge in [0.15, 0.2) is 12.4 Å². The van der Waals surface area contributed by atoms with E-state index >= 15 is 0 Å². The van der Waals surface area contributed by atoms with Gasteiger partial charge < -0.3 is 39.4 Å². The smallest absolute Gasteiger partial charge is 0.306 e. The highest BCUT2D eigenvalue weighted by Gasteiger charge is 2.44. The van der Waals surface area contributed by atoms with Gasteiger partial charge in [0, 0.05) is 12.8 Å². The molecule has 0 aromatic heterocycles. The molecule has 0 amide bonds. The average molecular weight is 769 g/mol. The fourth-order valence-corrected chi connectivity index (χ4v) is 6.57. The molecular weight excluding hydrogens is 688 g/mol. The summed E-state index contributed by atoms with van der Waals surface area (Å²) in [6, 6.07) is 0. The second kappa shape index (κ2) is 35.6. The first-order valence-electron chi connectivity index (χ1n) is 21.9. The summed E-state index contributed by atoms with van der Waals surface area (Å²) < 4.78 is 22.1. The number of rotatable bonds is 36. The third kappa shape index (κ3) is 26.9. The van der Waals surface area contributed by atoms with Crippen molar-refractivity contribution in [2.45, 2.75) is 224 Å². The molecule has 0 saturated carbocycles. The summed E-state index contributed by atoms with van der Waals surface area (Å²) in [6.45, 7) is 3.37. The Bertz CT molecular complexity index is 938. The number of hydrogen-bond donors (Lipinski definition) is 4. The first kappa shape index (κ1) is 50.2. The van der Waals surface area contributed by atoms with E-state index in [9.17, 15) is 30.0 Å². The maximum absolute atomic E-state index is 12.7. The van der Waals surface area contributed by atoms with E-state index in [4.69, 9.17) is 18.9 Å². The number of hydrogen-bond acceptors (Lipinski definition) is 10. The maximum atomic E-state index is 12.7. The van der Waals surface area contributed by atoms with Gasteiger partial charge in [0.25, 0.3) is 0 Å². The number of aliphatic hydroxyl groups excluding tert-OH is 4. The Morgan fingerprint density at radius 1 is 0.574 bits per heavy atom. The van der Waals surface area contributed by atoms with E-state index in [1.807, 2.05) is 0 Å². The van der Waals surface area contributed by atoms with Crippen molar-refractivity contribution < 1.29 is 49.0 Å². The minimum atomic E-state index is -1.59. The van der Waals surface area contributed by atoms with Crippen LogP contribution in [0.4, 0.5) is 0 Å². The minimum Gasteiger partial charge on any atom is -0.462 e. The van der Waals surface area contributed by atoms with Crippen molar-refractivity contribution in [3.63, 3.8) is 0 Å².